The van der Waals surface area contributed by atoms with Crippen molar-refractivity contribution >= 4 is 11.3 Å². The first-order valence-corrected chi connectivity index (χ1v) is 7.57. The van der Waals surface area contributed by atoms with Crippen LogP contribution in [0.1, 0.15) is 39.2 Å². The monoisotopic (exact) mass is 265 g/mol. The first-order chi connectivity index (χ1) is 8.58. The lowest BCUT2D eigenvalue weighted by molar-refractivity contribution is 0.0640. The second-order valence-corrected chi connectivity index (χ2v) is 6.41. The van der Waals surface area contributed by atoms with Gasteiger partial charge in [-0.05, 0) is 25.8 Å². The lowest BCUT2D eigenvalue weighted by atomic mass is 9.77. The Labute approximate surface area is 111 Å². The first kappa shape index (κ1) is 12.3. The van der Waals surface area contributed by atoms with Gasteiger partial charge in [-0.3, -0.25) is 4.18 Å². The maximum atomic E-state index is 12.1. The summed E-state index contributed by atoms with van der Waals surface area (Å²) in [6, 6.07) is 10.6. The summed E-state index contributed by atoms with van der Waals surface area (Å²) < 4.78 is 19.9. The van der Waals surface area contributed by atoms with Crippen LogP contribution in [0.25, 0.3) is 0 Å². The molecule has 3 rings (SSSR count). The highest BCUT2D eigenvalue weighted by molar-refractivity contribution is 7.78. The maximum absolute atomic E-state index is 12.1. The number of nitrogens with zero attached hydrogens (tertiary/aromatic N) is 1. The van der Waals surface area contributed by atoms with E-state index in [-0.39, 0.29) is 17.2 Å². The van der Waals surface area contributed by atoms with Crippen molar-refractivity contribution in [2.45, 2.75) is 50.8 Å². The molecule has 2 saturated heterocycles. The molecule has 18 heavy (non-hydrogen) atoms. The van der Waals surface area contributed by atoms with Crippen molar-refractivity contribution in [3.8, 4) is 0 Å². The highest BCUT2D eigenvalue weighted by Gasteiger charge is 2.78. The van der Waals surface area contributed by atoms with Crippen LogP contribution in [0, 0.1) is 0 Å². The fourth-order valence-electron chi connectivity index (χ4n) is 3.66. The van der Waals surface area contributed by atoms with Crippen molar-refractivity contribution in [3.63, 3.8) is 0 Å². The highest BCUT2D eigenvalue weighted by Crippen LogP contribution is 2.65. The van der Waals surface area contributed by atoms with Crippen LogP contribution in [0.3, 0.4) is 0 Å². The van der Waals surface area contributed by atoms with E-state index in [0.29, 0.717) is 0 Å². The standard InChI is InChI=1S/C14H19NO2S/c1-4-10-13(3)14(12-8-6-5-7-9-12)11(2)15(14)18(16)17-13/h5-9,11H,4,10H2,1-3H3/t11-,13-,14-,15?,18?/m1/s1. The summed E-state index contributed by atoms with van der Waals surface area (Å²) in [6.07, 6.45) is 1.96. The van der Waals surface area contributed by atoms with Gasteiger partial charge in [-0.15, -0.1) is 0 Å². The lowest BCUT2D eigenvalue weighted by Gasteiger charge is -2.32. The van der Waals surface area contributed by atoms with Crippen LogP contribution >= 0.6 is 0 Å². The van der Waals surface area contributed by atoms with E-state index in [0.717, 1.165) is 12.8 Å². The molecular weight excluding hydrogens is 246 g/mol. The smallest absolute Gasteiger partial charge is 0.239 e. The van der Waals surface area contributed by atoms with Gasteiger partial charge in [0.1, 0.15) is 11.1 Å². The van der Waals surface area contributed by atoms with Crippen molar-refractivity contribution in [1.29, 1.82) is 0 Å². The molecule has 5 atom stereocenters. The Morgan fingerprint density at radius 3 is 2.61 bits per heavy atom. The normalized spacial score (nSPS) is 45.8. The molecule has 1 aromatic rings. The van der Waals surface area contributed by atoms with E-state index in [2.05, 4.69) is 32.9 Å². The third-order valence-electron chi connectivity index (χ3n) is 4.40. The predicted octanol–water partition coefficient (Wildman–Crippen LogP) is 2.75. The van der Waals surface area contributed by atoms with E-state index in [4.69, 9.17) is 4.18 Å². The molecule has 1 aromatic carbocycles. The average molecular weight is 265 g/mol. The topological polar surface area (TPSA) is 29.3 Å². The molecule has 4 heteroatoms. The van der Waals surface area contributed by atoms with E-state index in [1.807, 2.05) is 22.5 Å². The Morgan fingerprint density at radius 1 is 1.39 bits per heavy atom. The van der Waals surface area contributed by atoms with Crippen LogP contribution in [-0.2, 0) is 21.0 Å². The average Bonchev–Trinajstić information content (AvgIpc) is 2.90. The van der Waals surface area contributed by atoms with E-state index in [1.165, 1.54) is 5.56 Å². The number of hydrogen-bond donors (Lipinski definition) is 0. The van der Waals surface area contributed by atoms with Gasteiger partial charge in [0, 0.05) is 6.04 Å². The SMILES string of the molecule is CCC[C@@]1(C)OS(=O)N2[C@H](C)[C@]21c1ccccc1. The third-order valence-corrected chi connectivity index (χ3v) is 5.84. The van der Waals surface area contributed by atoms with Crippen LogP contribution < -0.4 is 0 Å². The molecule has 0 spiro atoms. The summed E-state index contributed by atoms with van der Waals surface area (Å²) in [5.41, 5.74) is 0.669. The van der Waals surface area contributed by atoms with Gasteiger partial charge in [0.15, 0.2) is 0 Å². The highest BCUT2D eigenvalue weighted by atomic mass is 32.2. The van der Waals surface area contributed by atoms with Crippen LogP contribution in [0.2, 0.25) is 0 Å². The molecule has 0 aromatic heterocycles. The Morgan fingerprint density at radius 2 is 2.06 bits per heavy atom. The van der Waals surface area contributed by atoms with Crippen LogP contribution in [0.5, 0.6) is 0 Å². The van der Waals surface area contributed by atoms with Crippen molar-refractivity contribution in [2.24, 2.45) is 0 Å². The zero-order valence-corrected chi connectivity index (χ0v) is 11.9. The molecule has 2 aliphatic rings. The number of rotatable bonds is 3. The van der Waals surface area contributed by atoms with Crippen molar-refractivity contribution in [1.82, 2.24) is 4.31 Å². The summed E-state index contributed by atoms with van der Waals surface area (Å²) in [4.78, 5) is 0. The molecular formula is C14H19NO2S. The van der Waals surface area contributed by atoms with Gasteiger partial charge in [-0.1, -0.05) is 43.7 Å². The molecule has 0 saturated carbocycles. The van der Waals surface area contributed by atoms with E-state index in [1.54, 1.807) is 0 Å². The van der Waals surface area contributed by atoms with Gasteiger partial charge in [-0.25, -0.2) is 4.21 Å². The van der Waals surface area contributed by atoms with Crippen LogP contribution in [0.15, 0.2) is 30.3 Å². The molecule has 2 unspecified atom stereocenters. The molecule has 2 aliphatic heterocycles. The number of fused-ring (bicyclic) bond motifs is 1. The number of hydrogen-bond acceptors (Lipinski definition) is 2. The second-order valence-electron chi connectivity index (χ2n) is 5.42. The molecule has 98 valence electrons. The quantitative estimate of drug-likeness (QED) is 0.786. The van der Waals surface area contributed by atoms with Gasteiger partial charge in [0.25, 0.3) is 0 Å². The molecule has 0 aliphatic carbocycles. The van der Waals surface area contributed by atoms with Crippen LogP contribution in [0.4, 0.5) is 0 Å². The maximum Gasteiger partial charge on any atom is 0.239 e. The van der Waals surface area contributed by atoms with Crippen molar-refractivity contribution < 1.29 is 8.39 Å². The van der Waals surface area contributed by atoms with Crippen molar-refractivity contribution in [3.05, 3.63) is 35.9 Å². The minimum atomic E-state index is -1.30. The Balaban J connectivity index is 2.11. The van der Waals surface area contributed by atoms with E-state index < -0.39 is 11.3 Å². The summed E-state index contributed by atoms with van der Waals surface area (Å²) in [6.45, 7) is 6.39. The first-order valence-electron chi connectivity index (χ1n) is 6.54. The fourth-order valence-corrected chi connectivity index (χ4v) is 5.31. The molecule has 0 N–H and O–H groups in total. The number of benzene rings is 1. The molecule has 0 amide bonds. The Bertz CT molecular complexity index is 492. The van der Waals surface area contributed by atoms with Gasteiger partial charge in [0.2, 0.25) is 11.3 Å². The van der Waals surface area contributed by atoms with E-state index in [9.17, 15) is 4.21 Å². The minimum Gasteiger partial charge on any atom is -0.269 e. The summed E-state index contributed by atoms with van der Waals surface area (Å²) >= 11 is -1.30. The van der Waals surface area contributed by atoms with Crippen molar-refractivity contribution in [2.75, 3.05) is 0 Å². The molecule has 2 heterocycles. The molecule has 2 fully saturated rings. The zero-order valence-electron chi connectivity index (χ0n) is 11.1. The second kappa shape index (κ2) is 3.89. The van der Waals surface area contributed by atoms with Gasteiger partial charge >= 0.3 is 0 Å². The van der Waals surface area contributed by atoms with E-state index >= 15 is 0 Å². The zero-order chi connectivity index (χ0) is 13.0. The minimum absolute atomic E-state index is 0.199. The summed E-state index contributed by atoms with van der Waals surface area (Å²) in [5.74, 6) is 0. The lowest BCUT2D eigenvalue weighted by Crippen LogP contribution is -2.41. The summed E-state index contributed by atoms with van der Waals surface area (Å²) in [5, 5.41) is 0. The van der Waals surface area contributed by atoms with Crippen LogP contribution in [-0.4, -0.2) is 20.2 Å². The Hall–Kier alpha value is -0.710. The Kier molecular flexibility index (Phi) is 2.66. The van der Waals surface area contributed by atoms with Gasteiger partial charge in [-0.2, -0.15) is 4.31 Å². The van der Waals surface area contributed by atoms with Gasteiger partial charge < -0.3 is 0 Å². The third kappa shape index (κ3) is 1.29. The largest absolute Gasteiger partial charge is 0.269 e. The molecule has 0 radical (unpaired) electrons. The van der Waals surface area contributed by atoms with Gasteiger partial charge in [0.05, 0.1) is 0 Å². The molecule has 3 nitrogen and oxygen atoms in total. The fraction of sp³-hybridized carbons (Fsp3) is 0.571. The summed E-state index contributed by atoms with van der Waals surface area (Å²) in [7, 11) is 0. The molecule has 0 bridgehead atoms. The predicted molar refractivity (Wildman–Crippen MR) is 72.0 cm³/mol.